The van der Waals surface area contributed by atoms with E-state index in [1.54, 1.807) is 12.1 Å². The lowest BCUT2D eigenvalue weighted by molar-refractivity contribution is -0.136. The summed E-state index contributed by atoms with van der Waals surface area (Å²) in [4.78, 5) is 42.3. The third-order valence-electron chi connectivity index (χ3n) is 5.93. The van der Waals surface area contributed by atoms with Crippen LogP contribution in [0.2, 0.25) is 0 Å². The standard InChI is InChI=1S/C25H30Cl2N2O4/c1-25(2,23-20(30)9-10-21(31)24(23)29-13-3-4-14-29)17-22(32)33-19-7-5-18(6-8-19)28(15-11-26)16-12-27/h5-10H,3-4,11-17H2,1-2H3. The Morgan fingerprint density at radius 1 is 1.00 bits per heavy atom. The van der Waals surface area contributed by atoms with Gasteiger partial charge in [0.15, 0.2) is 5.78 Å². The molecule has 1 aliphatic carbocycles. The number of carbonyl (C=O) groups is 3. The number of esters is 1. The highest BCUT2D eigenvalue weighted by atomic mass is 35.5. The normalized spacial score (nSPS) is 16.5. The number of carbonyl (C=O) groups excluding carboxylic acids is 3. The van der Waals surface area contributed by atoms with Crippen molar-refractivity contribution in [2.24, 2.45) is 5.41 Å². The Labute approximate surface area is 205 Å². The molecule has 0 unspecified atom stereocenters. The summed E-state index contributed by atoms with van der Waals surface area (Å²) in [5.41, 5.74) is 0.905. The lowest BCUT2D eigenvalue weighted by Crippen LogP contribution is -2.36. The van der Waals surface area contributed by atoms with Crippen LogP contribution in [-0.4, -0.2) is 60.4 Å². The van der Waals surface area contributed by atoms with Crippen molar-refractivity contribution in [3.8, 4) is 5.75 Å². The molecular weight excluding hydrogens is 463 g/mol. The van der Waals surface area contributed by atoms with Crippen molar-refractivity contribution < 1.29 is 19.1 Å². The smallest absolute Gasteiger partial charge is 0.312 e. The van der Waals surface area contributed by atoms with Gasteiger partial charge < -0.3 is 14.5 Å². The molecule has 0 spiro atoms. The number of hydrogen-bond acceptors (Lipinski definition) is 6. The molecule has 33 heavy (non-hydrogen) atoms. The fraction of sp³-hybridized carbons (Fsp3) is 0.480. The van der Waals surface area contributed by atoms with E-state index in [1.165, 1.54) is 12.2 Å². The number of halogens is 2. The minimum Gasteiger partial charge on any atom is -0.427 e. The summed E-state index contributed by atoms with van der Waals surface area (Å²) in [5, 5.41) is 0. The molecule has 0 bridgehead atoms. The van der Waals surface area contributed by atoms with Gasteiger partial charge in [0.05, 0.1) is 12.1 Å². The van der Waals surface area contributed by atoms with Crippen LogP contribution in [0, 0.1) is 5.41 Å². The van der Waals surface area contributed by atoms with E-state index in [9.17, 15) is 14.4 Å². The Hall–Kier alpha value is -2.31. The van der Waals surface area contributed by atoms with Crippen molar-refractivity contribution in [3.05, 3.63) is 47.7 Å². The van der Waals surface area contributed by atoms with Gasteiger partial charge in [-0.15, -0.1) is 23.2 Å². The second-order valence-corrected chi connectivity index (χ2v) is 9.63. The van der Waals surface area contributed by atoms with Crippen LogP contribution < -0.4 is 9.64 Å². The summed E-state index contributed by atoms with van der Waals surface area (Å²) >= 11 is 11.7. The molecule has 0 aromatic heterocycles. The molecule has 1 fully saturated rings. The van der Waals surface area contributed by atoms with Crippen LogP contribution in [0.1, 0.15) is 33.1 Å². The van der Waals surface area contributed by atoms with Crippen LogP contribution in [0.5, 0.6) is 5.75 Å². The zero-order chi connectivity index (χ0) is 24.0. The number of nitrogens with zero attached hydrogens (tertiary/aromatic N) is 2. The third kappa shape index (κ3) is 6.18. The van der Waals surface area contributed by atoms with Crippen molar-refractivity contribution in [3.63, 3.8) is 0 Å². The zero-order valence-corrected chi connectivity index (χ0v) is 20.6. The number of allylic oxidation sites excluding steroid dienone is 3. The molecular formula is C25H30Cl2N2O4. The molecule has 1 aromatic carbocycles. The van der Waals surface area contributed by atoms with E-state index >= 15 is 0 Å². The number of likely N-dealkylation sites (tertiary alicyclic amines) is 1. The number of ether oxygens (including phenoxy) is 1. The van der Waals surface area contributed by atoms with Crippen molar-refractivity contribution in [2.75, 3.05) is 42.8 Å². The predicted molar refractivity (Wildman–Crippen MR) is 131 cm³/mol. The van der Waals surface area contributed by atoms with E-state index in [1.807, 2.05) is 30.9 Å². The minimum atomic E-state index is -0.857. The molecule has 0 N–H and O–H groups in total. The summed E-state index contributed by atoms with van der Waals surface area (Å²) in [5.74, 6) is 0.507. The van der Waals surface area contributed by atoms with Gasteiger partial charge >= 0.3 is 5.97 Å². The first kappa shape index (κ1) is 25.3. The van der Waals surface area contributed by atoms with Crippen LogP contribution >= 0.6 is 23.2 Å². The fourth-order valence-corrected chi connectivity index (χ4v) is 4.79. The number of rotatable bonds is 10. The Balaban J connectivity index is 1.74. The maximum Gasteiger partial charge on any atom is 0.312 e. The maximum atomic E-state index is 12.8. The van der Waals surface area contributed by atoms with Crippen LogP contribution in [0.25, 0.3) is 0 Å². The van der Waals surface area contributed by atoms with Crippen molar-refractivity contribution in [1.82, 2.24) is 4.90 Å². The highest BCUT2D eigenvalue weighted by molar-refractivity contribution is 6.20. The molecule has 2 aliphatic rings. The van der Waals surface area contributed by atoms with Crippen LogP contribution in [0.4, 0.5) is 5.69 Å². The summed E-state index contributed by atoms with van der Waals surface area (Å²) in [7, 11) is 0. The van der Waals surface area contributed by atoms with E-state index in [4.69, 9.17) is 27.9 Å². The Morgan fingerprint density at radius 2 is 1.58 bits per heavy atom. The zero-order valence-electron chi connectivity index (χ0n) is 19.1. The average Bonchev–Trinajstić information content (AvgIpc) is 3.29. The number of anilines is 1. The highest BCUT2D eigenvalue weighted by Crippen LogP contribution is 2.38. The Morgan fingerprint density at radius 3 is 2.15 bits per heavy atom. The maximum absolute atomic E-state index is 12.8. The molecule has 6 nitrogen and oxygen atoms in total. The molecule has 1 aromatic rings. The van der Waals surface area contributed by atoms with Gasteiger partial charge in [0, 0.05) is 54.6 Å². The Kier molecular flexibility index (Phi) is 8.60. The van der Waals surface area contributed by atoms with Crippen molar-refractivity contribution >= 4 is 46.4 Å². The summed E-state index contributed by atoms with van der Waals surface area (Å²) in [6, 6.07) is 7.16. The van der Waals surface area contributed by atoms with Gasteiger partial charge in [0.2, 0.25) is 5.78 Å². The predicted octanol–water partition coefficient (Wildman–Crippen LogP) is 4.35. The largest absolute Gasteiger partial charge is 0.427 e. The second-order valence-electron chi connectivity index (χ2n) is 8.87. The number of hydrogen-bond donors (Lipinski definition) is 0. The molecule has 3 rings (SSSR count). The van der Waals surface area contributed by atoms with E-state index in [0.29, 0.717) is 41.9 Å². The van der Waals surface area contributed by atoms with E-state index in [0.717, 1.165) is 31.6 Å². The summed E-state index contributed by atoms with van der Waals surface area (Å²) < 4.78 is 5.56. The van der Waals surface area contributed by atoms with Crippen molar-refractivity contribution in [1.29, 1.82) is 0 Å². The molecule has 0 atom stereocenters. The highest BCUT2D eigenvalue weighted by Gasteiger charge is 2.39. The number of alkyl halides is 2. The quantitative estimate of drug-likeness (QED) is 0.209. The van der Waals surface area contributed by atoms with Gasteiger partial charge in [-0.3, -0.25) is 14.4 Å². The lowest BCUT2D eigenvalue weighted by Gasteiger charge is -2.33. The van der Waals surface area contributed by atoms with Gasteiger partial charge in [-0.2, -0.15) is 0 Å². The molecule has 8 heteroatoms. The molecule has 1 aliphatic heterocycles. The molecule has 1 saturated heterocycles. The third-order valence-corrected chi connectivity index (χ3v) is 6.27. The summed E-state index contributed by atoms with van der Waals surface area (Å²) in [6.07, 6.45) is 4.56. The molecule has 1 heterocycles. The molecule has 0 amide bonds. The van der Waals surface area contributed by atoms with Crippen LogP contribution in [-0.2, 0) is 14.4 Å². The topological polar surface area (TPSA) is 66.9 Å². The van der Waals surface area contributed by atoms with Gasteiger partial charge in [-0.1, -0.05) is 13.8 Å². The van der Waals surface area contributed by atoms with Crippen LogP contribution in [0.15, 0.2) is 47.7 Å². The van der Waals surface area contributed by atoms with E-state index in [-0.39, 0.29) is 18.0 Å². The van der Waals surface area contributed by atoms with Crippen molar-refractivity contribution in [2.45, 2.75) is 33.1 Å². The van der Waals surface area contributed by atoms with Gasteiger partial charge in [0.1, 0.15) is 5.75 Å². The monoisotopic (exact) mass is 492 g/mol. The molecule has 0 saturated carbocycles. The van der Waals surface area contributed by atoms with Gasteiger partial charge in [-0.05, 0) is 49.3 Å². The number of benzene rings is 1. The molecule has 178 valence electrons. The number of ketones is 2. The van der Waals surface area contributed by atoms with Crippen LogP contribution in [0.3, 0.4) is 0 Å². The summed E-state index contributed by atoms with van der Waals surface area (Å²) in [6.45, 7) is 6.42. The first-order valence-corrected chi connectivity index (χ1v) is 12.3. The first-order valence-electron chi connectivity index (χ1n) is 11.2. The first-order chi connectivity index (χ1) is 15.8. The molecule has 0 radical (unpaired) electrons. The second kappa shape index (κ2) is 11.2. The Bertz CT molecular complexity index is 942. The fourth-order valence-electron chi connectivity index (χ4n) is 4.38. The SMILES string of the molecule is CC(C)(CC(=O)Oc1ccc(N(CCCl)CCCl)cc1)C1=C(N2CCCC2)C(=O)C=CC1=O. The lowest BCUT2D eigenvalue weighted by atomic mass is 9.75. The minimum absolute atomic E-state index is 0.0289. The average molecular weight is 493 g/mol. The van der Waals surface area contributed by atoms with E-state index in [2.05, 4.69) is 4.90 Å². The van der Waals surface area contributed by atoms with Gasteiger partial charge in [0.25, 0.3) is 0 Å². The van der Waals surface area contributed by atoms with Gasteiger partial charge in [-0.25, -0.2) is 0 Å². The van der Waals surface area contributed by atoms with E-state index < -0.39 is 11.4 Å².